The molecule has 8 rings (SSSR count). The van der Waals surface area contributed by atoms with Crippen LogP contribution in [-0.2, 0) is 39.9 Å². The maximum absolute atomic E-state index is 14.5. The number of carbonyl (C=O) groups is 9. The molecule has 82 heavy (non-hydrogen) atoms. The van der Waals surface area contributed by atoms with Gasteiger partial charge in [0.25, 0.3) is 17.7 Å². The number of urea groups is 1. The Morgan fingerprint density at radius 1 is 0.841 bits per heavy atom. The Hall–Kier alpha value is -8.26. The van der Waals surface area contributed by atoms with E-state index in [9.17, 15) is 63.6 Å². The third-order valence-electron chi connectivity index (χ3n) is 14.4. The van der Waals surface area contributed by atoms with Crippen molar-refractivity contribution < 1.29 is 73.1 Å². The van der Waals surface area contributed by atoms with Gasteiger partial charge in [0.2, 0.25) is 24.0 Å². The molecule has 3 aliphatic heterocycles. The van der Waals surface area contributed by atoms with Crippen LogP contribution in [0, 0.1) is 5.92 Å². The minimum atomic E-state index is -1.93. The Morgan fingerprint density at radius 3 is 2.24 bits per heavy atom. The highest BCUT2D eigenvalue weighted by molar-refractivity contribution is 6.19. The number of aliphatic hydroxyl groups excluding tert-OH is 3. The van der Waals surface area contributed by atoms with E-state index in [-0.39, 0.29) is 106 Å². The topological polar surface area (TPSA) is 361 Å². The molecule has 0 bridgehead atoms. The Bertz CT molecular complexity index is 3280. The molecule has 8 amide bonds. The van der Waals surface area contributed by atoms with E-state index in [0.29, 0.717) is 44.2 Å². The van der Waals surface area contributed by atoms with Gasteiger partial charge in [0.05, 0.1) is 11.7 Å². The second-order valence-electron chi connectivity index (χ2n) is 20.5. The zero-order valence-electron chi connectivity index (χ0n) is 44.8. The Kier molecular flexibility index (Phi) is 19.4. The van der Waals surface area contributed by atoms with Crippen LogP contribution in [0.2, 0.25) is 0 Å². The standard InChI is InChI=1S/C57H64ClN9O15/c1-29(2)47(61-21-20-60-43(69)10-6-22-66-44(70)17-18-45(66)71)53(76)65-38(9-5-19-62-57(59)80)52(75)63-34-14-12-31(13-15-34)41(68)24-30-11-16-37-32(23-30)25-39(64-37)54(77)67-28-33(27-58)46-36-8-4-3-7-35(36)42(26-40(46)67)81-56-50(74)48(72)49(73)51(82-56)55(78)79/h3-4,7-8,11-18,23,25-26,29,33,38,47-51,56,61,64,72-74H,5-6,9-10,19-22,24,27-28H2,1-2H3,(H,60,69)(H,63,75)(H,65,76)(H,78,79)(H3,59,62,80)/t33-,38+,47+,48+,49+,50-,51+,56+/m1/s1. The van der Waals surface area contributed by atoms with E-state index in [1.165, 1.54) is 17.1 Å². The second kappa shape index (κ2) is 26.6. The van der Waals surface area contributed by atoms with Gasteiger partial charge < -0.3 is 72.1 Å². The second-order valence-corrected chi connectivity index (χ2v) is 20.8. The first-order valence-corrected chi connectivity index (χ1v) is 27.2. The van der Waals surface area contributed by atoms with Crippen molar-refractivity contribution in [2.45, 2.75) is 94.7 Å². The Labute approximate surface area is 474 Å². The third-order valence-corrected chi connectivity index (χ3v) is 14.8. The smallest absolute Gasteiger partial charge is 0.335 e. The summed E-state index contributed by atoms with van der Waals surface area (Å²) >= 11 is 6.52. The molecule has 3 aliphatic rings. The number of anilines is 2. The van der Waals surface area contributed by atoms with Gasteiger partial charge in [-0.2, -0.15) is 0 Å². The Morgan fingerprint density at radius 2 is 1.56 bits per heavy atom. The van der Waals surface area contributed by atoms with Crippen molar-refractivity contribution in [2.75, 3.05) is 48.8 Å². The minimum absolute atomic E-state index is 0.0143. The summed E-state index contributed by atoms with van der Waals surface area (Å²) in [5.41, 5.74) is 8.59. The van der Waals surface area contributed by atoms with Crippen LogP contribution in [0.1, 0.15) is 77.4 Å². The number of ether oxygens (including phenoxy) is 2. The molecule has 0 spiro atoms. The van der Waals surface area contributed by atoms with E-state index in [1.54, 1.807) is 72.8 Å². The maximum Gasteiger partial charge on any atom is 0.335 e. The van der Waals surface area contributed by atoms with Crippen molar-refractivity contribution >= 4 is 97.9 Å². The lowest BCUT2D eigenvalue weighted by molar-refractivity contribution is -0.270. The number of alkyl halides is 1. The van der Waals surface area contributed by atoms with Gasteiger partial charge in [-0.1, -0.05) is 44.2 Å². The van der Waals surface area contributed by atoms with E-state index in [1.807, 2.05) is 19.9 Å². The lowest BCUT2D eigenvalue weighted by Crippen LogP contribution is -2.61. The fourth-order valence-corrected chi connectivity index (χ4v) is 10.4. The Balaban J connectivity index is 0.885. The number of halogens is 1. The highest BCUT2D eigenvalue weighted by Gasteiger charge is 2.48. The van der Waals surface area contributed by atoms with Crippen LogP contribution in [0.3, 0.4) is 0 Å². The number of benzene rings is 4. The molecule has 8 atom stereocenters. The van der Waals surface area contributed by atoms with Gasteiger partial charge >= 0.3 is 12.0 Å². The number of fused-ring (bicyclic) bond motifs is 4. The first-order valence-electron chi connectivity index (χ1n) is 26.7. The molecule has 1 fully saturated rings. The molecule has 4 heterocycles. The van der Waals surface area contributed by atoms with Crippen LogP contribution in [-0.4, -0.2) is 165 Å². The van der Waals surface area contributed by atoms with Crippen LogP contribution >= 0.6 is 11.6 Å². The van der Waals surface area contributed by atoms with Gasteiger partial charge in [0, 0.05) is 103 Å². The van der Waals surface area contributed by atoms with E-state index < -0.39 is 84.3 Å². The zero-order chi connectivity index (χ0) is 58.9. The van der Waals surface area contributed by atoms with Gasteiger partial charge in [-0.3, -0.25) is 38.5 Å². The fourth-order valence-electron chi connectivity index (χ4n) is 10.2. The molecule has 12 N–H and O–H groups in total. The number of nitrogens with two attached hydrogens (primary N) is 1. The summed E-state index contributed by atoms with van der Waals surface area (Å²) in [6.45, 7) is 4.45. The predicted octanol–water partition coefficient (Wildman–Crippen LogP) is 2.31. The number of nitrogens with one attached hydrogen (secondary N) is 6. The lowest BCUT2D eigenvalue weighted by atomic mass is 9.95. The monoisotopic (exact) mass is 1150 g/mol. The van der Waals surface area contributed by atoms with Crippen LogP contribution in [0.4, 0.5) is 16.2 Å². The van der Waals surface area contributed by atoms with Gasteiger partial charge in [0.15, 0.2) is 11.9 Å². The molecule has 0 saturated carbocycles. The zero-order valence-corrected chi connectivity index (χ0v) is 45.5. The average Bonchev–Trinajstić information content (AvgIpc) is 2.74. The largest absolute Gasteiger partial charge is 0.479 e. The summed E-state index contributed by atoms with van der Waals surface area (Å²) < 4.78 is 11.5. The quantitative estimate of drug-likeness (QED) is 0.0173. The number of imide groups is 1. The van der Waals surface area contributed by atoms with Gasteiger partial charge in [-0.15, -0.1) is 11.6 Å². The molecule has 434 valence electrons. The number of nitrogens with zero attached hydrogens (tertiary/aromatic N) is 2. The number of Topliss-reactive ketones (excluding diaryl/α,β-unsaturated/α-hetero) is 1. The van der Waals surface area contributed by atoms with Gasteiger partial charge in [-0.05, 0) is 84.2 Å². The number of aromatic nitrogens is 1. The summed E-state index contributed by atoms with van der Waals surface area (Å²) in [4.78, 5) is 121. The summed E-state index contributed by atoms with van der Waals surface area (Å²) in [6.07, 6.45) is -6.16. The number of aliphatic carboxylic acids is 1. The lowest BCUT2D eigenvalue weighted by Gasteiger charge is -2.38. The average molecular weight is 1150 g/mol. The fraction of sp³-hybridized carbons (Fsp3) is 0.386. The number of hydrogen-bond acceptors (Lipinski definition) is 15. The highest BCUT2D eigenvalue weighted by atomic mass is 35.5. The van der Waals surface area contributed by atoms with E-state index >= 15 is 0 Å². The van der Waals surface area contributed by atoms with Crippen molar-refractivity contribution in [1.29, 1.82) is 0 Å². The number of carbonyl (C=O) groups excluding carboxylic acids is 8. The van der Waals surface area contributed by atoms with E-state index in [2.05, 4.69) is 31.6 Å². The summed E-state index contributed by atoms with van der Waals surface area (Å²) in [6, 6.07) is 19.3. The van der Waals surface area contributed by atoms with Gasteiger partial charge in [-0.25, -0.2) is 9.59 Å². The first-order chi connectivity index (χ1) is 39.2. The summed E-state index contributed by atoms with van der Waals surface area (Å²) in [5.74, 6) is -4.70. The number of rotatable bonds is 25. The van der Waals surface area contributed by atoms with Crippen LogP contribution < -0.4 is 42.0 Å². The number of aliphatic hydroxyl groups is 3. The highest BCUT2D eigenvalue weighted by Crippen LogP contribution is 2.47. The van der Waals surface area contributed by atoms with Crippen LogP contribution in [0.5, 0.6) is 5.75 Å². The molecule has 0 radical (unpaired) electrons. The number of carboxylic acid groups (broad SMARTS) is 1. The number of H-pyrrole nitrogens is 1. The van der Waals surface area contributed by atoms with Crippen molar-refractivity contribution in [3.05, 3.63) is 113 Å². The van der Waals surface area contributed by atoms with E-state index in [4.69, 9.17) is 26.8 Å². The third kappa shape index (κ3) is 13.9. The number of carboxylic acids is 1. The van der Waals surface area contributed by atoms with Gasteiger partial charge in [0.1, 0.15) is 35.8 Å². The van der Waals surface area contributed by atoms with E-state index in [0.717, 1.165) is 10.5 Å². The van der Waals surface area contributed by atoms with Crippen molar-refractivity contribution in [3.8, 4) is 5.75 Å². The predicted molar refractivity (Wildman–Crippen MR) is 299 cm³/mol. The molecule has 0 aliphatic carbocycles. The van der Waals surface area contributed by atoms with Crippen molar-refractivity contribution in [2.24, 2.45) is 11.7 Å². The number of ketones is 1. The number of amides is 8. The molecular formula is C57H64ClN9O15. The molecule has 0 unspecified atom stereocenters. The van der Waals surface area contributed by atoms with Crippen molar-refractivity contribution in [1.82, 2.24) is 31.2 Å². The molecule has 1 saturated heterocycles. The number of aromatic amines is 1. The van der Waals surface area contributed by atoms with Crippen LogP contribution in [0.15, 0.2) is 91.0 Å². The SMILES string of the molecule is CC(C)[C@H](NCCNC(=O)CCCN1C(=O)C=CC1=O)C(=O)N[C@@H](CCCNC(N)=O)C(=O)Nc1ccc(C(=O)Cc2ccc3[nH]c(C(=O)N4C[C@@H](CCl)c5c4cc(O[C@H]4O[C@H](C(=O)O)[C@@H](O)[C@H](O)[C@H]4O)c4ccccc54)cc3c2)cc1. The van der Waals surface area contributed by atoms with Crippen molar-refractivity contribution in [3.63, 3.8) is 0 Å². The van der Waals surface area contributed by atoms with Crippen LogP contribution in [0.25, 0.3) is 21.7 Å². The number of hydrogen-bond donors (Lipinski definition) is 11. The minimum Gasteiger partial charge on any atom is -0.479 e. The molecule has 24 nitrogen and oxygen atoms in total. The number of primary amides is 1. The summed E-state index contributed by atoms with van der Waals surface area (Å²) in [5, 5.41) is 57.0. The molecule has 5 aromatic rings. The summed E-state index contributed by atoms with van der Waals surface area (Å²) in [7, 11) is 0. The molecule has 4 aromatic carbocycles. The normalized spacial score (nSPS) is 20.2. The maximum atomic E-state index is 14.5. The molecular weight excluding hydrogens is 1090 g/mol. The molecule has 25 heteroatoms. The molecule has 1 aromatic heterocycles. The first kappa shape index (κ1) is 59.9.